The van der Waals surface area contributed by atoms with E-state index in [1.54, 1.807) is 17.3 Å². The van der Waals surface area contributed by atoms with Crippen molar-refractivity contribution in [2.24, 2.45) is 0 Å². The van der Waals surface area contributed by atoms with Gasteiger partial charge in [0, 0.05) is 29.5 Å². The van der Waals surface area contributed by atoms with E-state index < -0.39 is 0 Å². The van der Waals surface area contributed by atoms with Crippen LogP contribution in [0.15, 0.2) is 65.8 Å². The van der Waals surface area contributed by atoms with Gasteiger partial charge in [-0.05, 0) is 55.8 Å². The van der Waals surface area contributed by atoms with Crippen molar-refractivity contribution in [3.05, 3.63) is 82.8 Å². The zero-order valence-corrected chi connectivity index (χ0v) is 16.6. The maximum Gasteiger partial charge on any atom is 0.270 e. The molecular weight excluding hydrogens is 374 g/mol. The molecule has 1 amide bonds. The topological polar surface area (TPSA) is 38.1 Å². The van der Waals surface area contributed by atoms with Gasteiger partial charge in [0.15, 0.2) is 4.32 Å². The van der Waals surface area contributed by atoms with Crippen LogP contribution in [0.5, 0.6) is 0 Å². The van der Waals surface area contributed by atoms with E-state index in [0.717, 1.165) is 28.3 Å². The van der Waals surface area contributed by atoms with Crippen molar-refractivity contribution in [2.75, 3.05) is 4.90 Å². The fourth-order valence-electron chi connectivity index (χ4n) is 3.23. The number of hydrogen-bond acceptors (Lipinski definition) is 4. The lowest BCUT2D eigenvalue weighted by atomic mass is 10.2. The van der Waals surface area contributed by atoms with Crippen LogP contribution in [0, 0.1) is 13.8 Å². The number of para-hydroxylation sites is 1. The van der Waals surface area contributed by atoms with Gasteiger partial charge in [-0.3, -0.25) is 14.7 Å². The van der Waals surface area contributed by atoms with Crippen LogP contribution in [0.2, 0.25) is 0 Å². The van der Waals surface area contributed by atoms with Crippen molar-refractivity contribution in [3.8, 4) is 5.69 Å². The average molecular weight is 392 g/mol. The van der Waals surface area contributed by atoms with Crippen LogP contribution in [0.3, 0.4) is 0 Å². The number of carbonyl (C=O) groups is 1. The van der Waals surface area contributed by atoms with E-state index in [1.807, 2.05) is 48.5 Å². The molecule has 0 N–H and O–H groups in total. The highest BCUT2D eigenvalue weighted by Crippen LogP contribution is 2.36. The van der Waals surface area contributed by atoms with Gasteiger partial charge in [-0.1, -0.05) is 42.2 Å². The van der Waals surface area contributed by atoms with Gasteiger partial charge < -0.3 is 4.57 Å². The zero-order chi connectivity index (χ0) is 19.0. The Bertz CT molecular complexity index is 1060. The van der Waals surface area contributed by atoms with Crippen LogP contribution < -0.4 is 4.90 Å². The summed E-state index contributed by atoms with van der Waals surface area (Å²) < 4.78 is 2.71. The second-order valence-corrected chi connectivity index (χ2v) is 7.90. The summed E-state index contributed by atoms with van der Waals surface area (Å²) >= 11 is 6.79. The summed E-state index contributed by atoms with van der Waals surface area (Å²) in [4.78, 5) is 19.2. The van der Waals surface area contributed by atoms with Crippen molar-refractivity contribution in [1.82, 2.24) is 9.55 Å². The first kappa shape index (κ1) is 17.7. The minimum atomic E-state index is -0.0788. The van der Waals surface area contributed by atoms with Crippen molar-refractivity contribution in [1.29, 1.82) is 0 Å². The predicted molar refractivity (Wildman–Crippen MR) is 115 cm³/mol. The Morgan fingerprint density at radius 3 is 2.44 bits per heavy atom. The van der Waals surface area contributed by atoms with E-state index in [1.165, 1.54) is 11.8 Å². The lowest BCUT2D eigenvalue weighted by Crippen LogP contribution is -2.27. The lowest BCUT2D eigenvalue weighted by molar-refractivity contribution is -0.113. The highest BCUT2D eigenvalue weighted by molar-refractivity contribution is 8.27. The molecule has 27 heavy (non-hydrogen) atoms. The van der Waals surface area contributed by atoms with Gasteiger partial charge >= 0.3 is 0 Å². The van der Waals surface area contributed by atoms with E-state index in [2.05, 4.69) is 29.5 Å². The van der Waals surface area contributed by atoms with E-state index in [9.17, 15) is 4.79 Å². The van der Waals surface area contributed by atoms with Crippen LogP contribution in [-0.4, -0.2) is 19.8 Å². The second-order valence-electron chi connectivity index (χ2n) is 6.22. The Hall–Kier alpha value is -2.70. The number of hydrogen-bond donors (Lipinski definition) is 0. The summed E-state index contributed by atoms with van der Waals surface area (Å²) in [5, 5.41) is 0. The molecule has 2 aromatic heterocycles. The van der Waals surface area contributed by atoms with Gasteiger partial charge in [0.2, 0.25) is 0 Å². The fraction of sp³-hybridized carbons (Fsp3) is 0.0952. The first-order valence-electron chi connectivity index (χ1n) is 8.48. The van der Waals surface area contributed by atoms with Crippen molar-refractivity contribution in [2.45, 2.75) is 13.8 Å². The standard InChI is InChI=1S/C21H17N3OS2/c1-14-12-16(15(2)23(14)18-8-10-22-11-9-18)13-19-20(25)24(21(26)27-19)17-6-4-3-5-7-17/h3-13H,1-2H3/b19-13+. The highest BCUT2D eigenvalue weighted by Gasteiger charge is 2.33. The number of amides is 1. The monoisotopic (exact) mass is 391 g/mol. The molecule has 1 aliphatic rings. The molecule has 4 nitrogen and oxygen atoms in total. The fourth-order valence-corrected chi connectivity index (χ4v) is 4.52. The van der Waals surface area contributed by atoms with Crippen molar-refractivity contribution < 1.29 is 4.79 Å². The van der Waals surface area contributed by atoms with Gasteiger partial charge in [0.25, 0.3) is 5.91 Å². The third-order valence-corrected chi connectivity index (χ3v) is 5.79. The number of aromatic nitrogens is 2. The molecule has 0 saturated carbocycles. The molecule has 0 bridgehead atoms. The predicted octanol–water partition coefficient (Wildman–Crippen LogP) is 4.89. The molecule has 0 radical (unpaired) electrons. The highest BCUT2D eigenvalue weighted by atomic mass is 32.2. The average Bonchev–Trinajstić information content (AvgIpc) is 3.11. The molecule has 0 spiro atoms. The van der Waals surface area contributed by atoms with E-state index in [4.69, 9.17) is 12.2 Å². The van der Waals surface area contributed by atoms with Crippen LogP contribution in [0.1, 0.15) is 17.0 Å². The van der Waals surface area contributed by atoms with Crippen LogP contribution in [-0.2, 0) is 4.79 Å². The molecule has 6 heteroatoms. The van der Waals surface area contributed by atoms with Crippen molar-refractivity contribution in [3.63, 3.8) is 0 Å². The summed E-state index contributed by atoms with van der Waals surface area (Å²) in [6.45, 7) is 4.11. The summed E-state index contributed by atoms with van der Waals surface area (Å²) in [7, 11) is 0. The summed E-state index contributed by atoms with van der Waals surface area (Å²) in [6, 6.07) is 15.5. The molecule has 0 unspecified atom stereocenters. The summed E-state index contributed by atoms with van der Waals surface area (Å²) in [5.74, 6) is -0.0788. The first-order valence-corrected chi connectivity index (χ1v) is 9.71. The lowest BCUT2D eigenvalue weighted by Gasteiger charge is -2.13. The normalized spacial score (nSPS) is 15.8. The third kappa shape index (κ3) is 3.22. The zero-order valence-electron chi connectivity index (χ0n) is 14.9. The number of aryl methyl sites for hydroxylation is 1. The molecule has 1 aliphatic heterocycles. The second kappa shape index (κ2) is 7.13. The Balaban J connectivity index is 1.71. The quantitative estimate of drug-likeness (QED) is 0.470. The minimum Gasteiger partial charge on any atom is -0.318 e. The molecule has 3 aromatic rings. The Labute approximate surface area is 167 Å². The Morgan fingerprint density at radius 1 is 1.04 bits per heavy atom. The number of nitrogens with zero attached hydrogens (tertiary/aromatic N) is 3. The molecule has 134 valence electrons. The molecule has 3 heterocycles. The molecule has 0 atom stereocenters. The smallest absolute Gasteiger partial charge is 0.270 e. The maximum absolute atomic E-state index is 12.9. The first-order chi connectivity index (χ1) is 13.1. The minimum absolute atomic E-state index is 0.0788. The molecule has 1 saturated heterocycles. The van der Waals surface area contributed by atoms with E-state index in [-0.39, 0.29) is 5.91 Å². The third-order valence-electron chi connectivity index (χ3n) is 4.49. The number of rotatable bonds is 3. The number of anilines is 1. The Morgan fingerprint density at radius 2 is 1.74 bits per heavy atom. The molecule has 4 rings (SSSR count). The molecule has 1 fully saturated rings. The van der Waals surface area contributed by atoms with E-state index >= 15 is 0 Å². The number of benzene rings is 1. The number of thioether (sulfide) groups is 1. The molecule has 0 aliphatic carbocycles. The number of pyridine rings is 1. The summed E-state index contributed by atoms with van der Waals surface area (Å²) in [6.07, 6.45) is 5.49. The number of thiocarbonyl (C=S) groups is 1. The number of carbonyl (C=O) groups excluding carboxylic acids is 1. The maximum atomic E-state index is 12.9. The van der Waals surface area contributed by atoms with Crippen molar-refractivity contribution >= 4 is 46.0 Å². The van der Waals surface area contributed by atoms with Gasteiger partial charge in [-0.25, -0.2) is 0 Å². The molecular formula is C21H17N3OS2. The van der Waals surface area contributed by atoms with Gasteiger partial charge in [-0.2, -0.15) is 0 Å². The molecule has 1 aromatic carbocycles. The van der Waals surface area contributed by atoms with Gasteiger partial charge in [-0.15, -0.1) is 0 Å². The van der Waals surface area contributed by atoms with Crippen LogP contribution in [0.25, 0.3) is 11.8 Å². The van der Waals surface area contributed by atoms with Crippen LogP contribution >= 0.6 is 24.0 Å². The van der Waals surface area contributed by atoms with Gasteiger partial charge in [0.1, 0.15) is 0 Å². The SMILES string of the molecule is Cc1cc(/C=C2/SC(=S)N(c3ccccc3)C2=O)c(C)n1-c1ccncc1. The van der Waals surface area contributed by atoms with Crippen LogP contribution in [0.4, 0.5) is 5.69 Å². The Kier molecular flexibility index (Phi) is 4.68. The summed E-state index contributed by atoms with van der Waals surface area (Å²) in [5.41, 5.74) is 5.03. The largest absolute Gasteiger partial charge is 0.318 e. The van der Waals surface area contributed by atoms with Gasteiger partial charge in [0.05, 0.1) is 10.6 Å². The van der Waals surface area contributed by atoms with E-state index in [0.29, 0.717) is 9.23 Å².